The second-order valence-corrected chi connectivity index (χ2v) is 9.86. The first-order chi connectivity index (χ1) is 15.5. The molecule has 162 valence electrons. The normalized spacial score (nSPS) is 14.5. The van der Waals surface area contributed by atoms with Crippen LogP contribution in [0.2, 0.25) is 0 Å². The summed E-state index contributed by atoms with van der Waals surface area (Å²) in [6.45, 7) is 6.90. The zero-order valence-corrected chi connectivity index (χ0v) is 19.9. The van der Waals surface area contributed by atoms with Gasteiger partial charge in [-0.15, -0.1) is 0 Å². The highest BCUT2D eigenvalue weighted by Gasteiger charge is 2.23. The fraction of sp³-hybridized carbons (Fsp3) is 0.323. The fourth-order valence-corrected chi connectivity index (χ4v) is 5.62. The molecule has 1 aliphatic rings. The third kappa shape index (κ3) is 3.75. The van der Waals surface area contributed by atoms with E-state index in [1.807, 2.05) is 0 Å². The summed E-state index contributed by atoms with van der Waals surface area (Å²) in [7, 11) is 2.18. The summed E-state index contributed by atoms with van der Waals surface area (Å²) in [5, 5.41) is 2.71. The van der Waals surface area contributed by atoms with Crippen molar-refractivity contribution < 1.29 is 4.57 Å². The summed E-state index contributed by atoms with van der Waals surface area (Å²) < 4.78 is 2.30. The minimum absolute atomic E-state index is 0.478. The molecule has 0 radical (unpaired) electrons. The van der Waals surface area contributed by atoms with Crippen molar-refractivity contribution in [1.29, 1.82) is 0 Å². The van der Waals surface area contributed by atoms with Gasteiger partial charge >= 0.3 is 0 Å². The summed E-state index contributed by atoms with van der Waals surface area (Å²) >= 11 is 0. The third-order valence-electron chi connectivity index (χ3n) is 7.42. The van der Waals surface area contributed by atoms with Gasteiger partial charge in [-0.25, -0.2) is 4.57 Å². The van der Waals surface area contributed by atoms with Gasteiger partial charge in [0, 0.05) is 6.07 Å². The summed E-state index contributed by atoms with van der Waals surface area (Å²) in [5.41, 5.74) is 9.59. The number of hydrogen-bond acceptors (Lipinski definition) is 0. The number of aromatic nitrogens is 1. The SMILES string of the molecule is Cc1c(-c2c3ccc(C4CCCC4)cc3cc[n+]2C)cc(-c2ccccc2)cc1C(C)C. The highest BCUT2D eigenvalue weighted by Crippen LogP contribution is 2.39. The largest absolute Gasteiger partial charge is 0.220 e. The van der Waals surface area contributed by atoms with Crippen LogP contribution in [0, 0.1) is 6.92 Å². The van der Waals surface area contributed by atoms with Crippen LogP contribution in [0.3, 0.4) is 0 Å². The molecule has 3 aromatic carbocycles. The molecule has 0 spiro atoms. The van der Waals surface area contributed by atoms with Crippen molar-refractivity contribution in [2.45, 2.75) is 58.3 Å². The zero-order valence-electron chi connectivity index (χ0n) is 19.9. The molecular formula is C31H34N+. The molecule has 0 unspecified atom stereocenters. The molecule has 32 heavy (non-hydrogen) atoms. The Labute approximate surface area is 192 Å². The first kappa shape index (κ1) is 20.9. The van der Waals surface area contributed by atoms with Gasteiger partial charge < -0.3 is 0 Å². The van der Waals surface area contributed by atoms with Crippen LogP contribution in [0.25, 0.3) is 33.2 Å². The smallest absolute Gasteiger partial charge is 0.200 e. The van der Waals surface area contributed by atoms with Crippen LogP contribution in [-0.2, 0) is 7.05 Å². The molecule has 1 aromatic heterocycles. The molecule has 1 fully saturated rings. The highest BCUT2D eigenvalue weighted by molar-refractivity contribution is 5.95. The molecule has 1 heterocycles. The molecule has 1 heteroatoms. The number of nitrogens with zero attached hydrogens (tertiary/aromatic N) is 1. The monoisotopic (exact) mass is 420 g/mol. The number of fused-ring (bicyclic) bond motifs is 1. The lowest BCUT2D eigenvalue weighted by molar-refractivity contribution is -0.659. The number of benzene rings is 3. The maximum absolute atomic E-state index is 2.45. The van der Waals surface area contributed by atoms with Crippen molar-refractivity contribution in [1.82, 2.24) is 0 Å². The first-order valence-electron chi connectivity index (χ1n) is 12.2. The van der Waals surface area contributed by atoms with Gasteiger partial charge in [-0.2, -0.15) is 0 Å². The molecule has 1 nitrogen and oxygen atoms in total. The van der Waals surface area contributed by atoms with Gasteiger partial charge in [-0.3, -0.25) is 0 Å². The van der Waals surface area contributed by atoms with E-state index < -0.39 is 0 Å². The number of hydrogen-bond donors (Lipinski definition) is 0. The van der Waals surface area contributed by atoms with E-state index >= 15 is 0 Å². The second-order valence-electron chi connectivity index (χ2n) is 9.86. The Morgan fingerprint density at radius 2 is 1.59 bits per heavy atom. The highest BCUT2D eigenvalue weighted by atomic mass is 14.9. The number of pyridine rings is 1. The van der Waals surface area contributed by atoms with E-state index in [4.69, 9.17) is 0 Å². The van der Waals surface area contributed by atoms with Crippen molar-refractivity contribution in [3.63, 3.8) is 0 Å². The minimum atomic E-state index is 0.478. The molecule has 0 atom stereocenters. The van der Waals surface area contributed by atoms with Crippen molar-refractivity contribution in [2.24, 2.45) is 7.05 Å². The molecule has 0 saturated heterocycles. The number of aryl methyl sites for hydroxylation is 1. The molecule has 5 rings (SSSR count). The lowest BCUT2D eigenvalue weighted by Crippen LogP contribution is -2.31. The maximum atomic E-state index is 2.45. The Bertz CT molecular complexity index is 1260. The molecule has 4 aromatic rings. The number of rotatable bonds is 4. The molecule has 0 aliphatic heterocycles. The maximum Gasteiger partial charge on any atom is 0.220 e. The Balaban J connectivity index is 1.73. The molecule has 0 amide bonds. The summed E-state index contributed by atoms with van der Waals surface area (Å²) in [6.07, 6.45) is 7.67. The van der Waals surface area contributed by atoms with Gasteiger partial charge in [-0.1, -0.05) is 75.2 Å². The van der Waals surface area contributed by atoms with E-state index in [9.17, 15) is 0 Å². The summed E-state index contributed by atoms with van der Waals surface area (Å²) in [5.74, 6) is 1.22. The molecule has 1 saturated carbocycles. The summed E-state index contributed by atoms with van der Waals surface area (Å²) in [4.78, 5) is 0. The van der Waals surface area contributed by atoms with Crippen LogP contribution in [-0.4, -0.2) is 0 Å². The van der Waals surface area contributed by atoms with Gasteiger partial charge in [0.25, 0.3) is 0 Å². The lowest BCUT2D eigenvalue weighted by atomic mass is 9.87. The molecule has 0 bridgehead atoms. The van der Waals surface area contributed by atoms with E-state index in [0.29, 0.717) is 5.92 Å². The van der Waals surface area contributed by atoms with Gasteiger partial charge in [-0.05, 0) is 76.9 Å². The standard InChI is InChI=1S/C31H34N/c1-21(2)29-19-27(24-10-6-5-7-11-24)20-30(22(29)3)31-28-15-14-25(23-12-8-9-13-23)18-26(28)16-17-32(31)4/h5-7,10-11,14-21,23H,8-9,12-13H2,1-4H3/q+1. The quantitative estimate of drug-likeness (QED) is 0.294. The van der Waals surface area contributed by atoms with Gasteiger partial charge in [0.1, 0.15) is 7.05 Å². The first-order valence-corrected chi connectivity index (χ1v) is 12.2. The zero-order chi connectivity index (χ0) is 22.2. The second kappa shape index (κ2) is 8.54. The van der Waals surface area contributed by atoms with E-state index in [1.54, 1.807) is 0 Å². The minimum Gasteiger partial charge on any atom is -0.200 e. The van der Waals surface area contributed by atoms with Crippen LogP contribution < -0.4 is 4.57 Å². The van der Waals surface area contributed by atoms with E-state index in [2.05, 4.69) is 105 Å². The van der Waals surface area contributed by atoms with Crippen molar-refractivity contribution in [3.05, 3.63) is 89.6 Å². The Kier molecular flexibility index (Phi) is 5.59. The fourth-order valence-electron chi connectivity index (χ4n) is 5.62. The average Bonchev–Trinajstić information content (AvgIpc) is 3.35. The van der Waals surface area contributed by atoms with Gasteiger partial charge in [0.2, 0.25) is 5.69 Å². The van der Waals surface area contributed by atoms with Crippen molar-refractivity contribution in [3.8, 4) is 22.4 Å². The predicted molar refractivity (Wildman–Crippen MR) is 136 cm³/mol. The van der Waals surface area contributed by atoms with Crippen molar-refractivity contribution >= 4 is 10.8 Å². The third-order valence-corrected chi connectivity index (χ3v) is 7.42. The molecule has 0 N–H and O–H groups in total. The van der Waals surface area contributed by atoms with Crippen molar-refractivity contribution in [2.75, 3.05) is 0 Å². The molecule has 1 aliphatic carbocycles. The van der Waals surface area contributed by atoms with E-state index in [0.717, 1.165) is 5.92 Å². The lowest BCUT2D eigenvalue weighted by Gasteiger charge is -2.18. The predicted octanol–water partition coefficient (Wildman–Crippen LogP) is 8.09. The molecular weight excluding hydrogens is 386 g/mol. The van der Waals surface area contributed by atoms with Gasteiger partial charge in [0.15, 0.2) is 6.20 Å². The van der Waals surface area contributed by atoms with Crippen LogP contribution in [0.5, 0.6) is 0 Å². The van der Waals surface area contributed by atoms with Crippen LogP contribution in [0.4, 0.5) is 0 Å². The van der Waals surface area contributed by atoms with E-state index in [1.165, 1.54) is 75.5 Å². The van der Waals surface area contributed by atoms with Gasteiger partial charge in [0.05, 0.1) is 10.9 Å². The Morgan fingerprint density at radius 3 is 2.31 bits per heavy atom. The summed E-state index contributed by atoms with van der Waals surface area (Å²) in [6, 6.07) is 25.1. The Hall–Kier alpha value is -2.93. The van der Waals surface area contributed by atoms with Crippen LogP contribution in [0.15, 0.2) is 72.9 Å². The average molecular weight is 421 g/mol. The van der Waals surface area contributed by atoms with Crippen LogP contribution in [0.1, 0.15) is 68.1 Å². The van der Waals surface area contributed by atoms with E-state index in [-0.39, 0.29) is 0 Å². The van der Waals surface area contributed by atoms with Crippen LogP contribution >= 0.6 is 0 Å². The Morgan fingerprint density at radius 1 is 0.844 bits per heavy atom. The topological polar surface area (TPSA) is 3.88 Å².